The first kappa shape index (κ1) is 13.0. The summed E-state index contributed by atoms with van der Waals surface area (Å²) in [6.07, 6.45) is 6.83. The highest BCUT2D eigenvalue weighted by atomic mass is 15.2. The Balaban J connectivity index is 1.67. The maximum atomic E-state index is 3.71. The highest BCUT2D eigenvalue weighted by Gasteiger charge is 2.28. The second-order valence-corrected chi connectivity index (χ2v) is 6.03. The van der Waals surface area contributed by atoms with Crippen LogP contribution in [0.25, 0.3) is 0 Å². The van der Waals surface area contributed by atoms with E-state index in [0.717, 1.165) is 18.5 Å². The van der Waals surface area contributed by atoms with Crippen molar-refractivity contribution in [3.05, 3.63) is 29.8 Å². The standard InChI is InChI=1S/C17H26N2/c1-2-18-16-9-5-3-8-15(16)13-19-12-11-14-7-4-6-10-17(14)19/h4,6-7,10,15-16,18H,2-3,5,8-9,11-13H2,1H3. The minimum atomic E-state index is 0.742. The van der Waals surface area contributed by atoms with Gasteiger partial charge in [0.1, 0.15) is 0 Å². The highest BCUT2D eigenvalue weighted by Crippen LogP contribution is 2.31. The zero-order valence-electron chi connectivity index (χ0n) is 12.1. The van der Waals surface area contributed by atoms with Crippen molar-refractivity contribution < 1.29 is 0 Å². The first-order valence-corrected chi connectivity index (χ1v) is 7.94. The third kappa shape index (κ3) is 2.79. The van der Waals surface area contributed by atoms with Crippen LogP contribution in [0.3, 0.4) is 0 Å². The molecule has 1 aliphatic heterocycles. The SMILES string of the molecule is CCNC1CCCCC1CN1CCc2ccccc21. The number of nitrogens with one attached hydrogen (secondary N) is 1. The molecule has 0 amide bonds. The van der Waals surface area contributed by atoms with Crippen molar-refractivity contribution in [1.29, 1.82) is 0 Å². The minimum Gasteiger partial charge on any atom is -0.371 e. The van der Waals surface area contributed by atoms with Gasteiger partial charge in [0.25, 0.3) is 0 Å². The predicted octanol–water partition coefficient (Wildman–Crippen LogP) is 3.22. The number of hydrogen-bond acceptors (Lipinski definition) is 2. The van der Waals surface area contributed by atoms with Crippen LogP contribution < -0.4 is 10.2 Å². The first-order chi connectivity index (χ1) is 9.38. The summed E-state index contributed by atoms with van der Waals surface area (Å²) in [5.74, 6) is 0.833. The lowest BCUT2D eigenvalue weighted by molar-refractivity contribution is 0.268. The van der Waals surface area contributed by atoms with Gasteiger partial charge < -0.3 is 10.2 Å². The van der Waals surface area contributed by atoms with Crippen LogP contribution in [0.4, 0.5) is 5.69 Å². The fraction of sp³-hybridized carbons (Fsp3) is 0.647. The van der Waals surface area contributed by atoms with E-state index in [1.165, 1.54) is 50.9 Å². The van der Waals surface area contributed by atoms with Gasteiger partial charge in [-0.2, -0.15) is 0 Å². The summed E-state index contributed by atoms with van der Waals surface area (Å²) in [5.41, 5.74) is 3.03. The van der Waals surface area contributed by atoms with E-state index in [1.54, 1.807) is 5.56 Å². The summed E-state index contributed by atoms with van der Waals surface area (Å²) in [5, 5.41) is 3.71. The molecule has 0 radical (unpaired) electrons. The highest BCUT2D eigenvalue weighted by molar-refractivity contribution is 5.57. The molecule has 2 atom stereocenters. The van der Waals surface area contributed by atoms with Crippen molar-refractivity contribution in [2.75, 3.05) is 24.5 Å². The maximum Gasteiger partial charge on any atom is 0.0399 e. The number of rotatable bonds is 4. The third-order valence-corrected chi connectivity index (χ3v) is 4.81. The third-order valence-electron chi connectivity index (χ3n) is 4.81. The normalized spacial score (nSPS) is 26.5. The number of benzene rings is 1. The van der Waals surface area contributed by atoms with Crippen LogP contribution in [-0.2, 0) is 6.42 Å². The van der Waals surface area contributed by atoms with Crippen molar-refractivity contribution in [2.24, 2.45) is 5.92 Å². The van der Waals surface area contributed by atoms with Gasteiger partial charge in [0.05, 0.1) is 0 Å². The Morgan fingerprint density at radius 1 is 1.21 bits per heavy atom. The van der Waals surface area contributed by atoms with Crippen LogP contribution in [0.2, 0.25) is 0 Å². The van der Waals surface area contributed by atoms with E-state index in [0.29, 0.717) is 0 Å². The van der Waals surface area contributed by atoms with Gasteiger partial charge in [-0.05, 0) is 43.4 Å². The molecule has 19 heavy (non-hydrogen) atoms. The minimum absolute atomic E-state index is 0.742. The number of para-hydroxylation sites is 1. The largest absolute Gasteiger partial charge is 0.371 e. The molecule has 1 heterocycles. The summed E-state index contributed by atoms with van der Waals surface area (Å²) >= 11 is 0. The molecule has 1 aromatic carbocycles. The van der Waals surface area contributed by atoms with Gasteiger partial charge in [-0.15, -0.1) is 0 Å². The zero-order chi connectivity index (χ0) is 13.1. The lowest BCUT2D eigenvalue weighted by atomic mass is 9.84. The fourth-order valence-electron chi connectivity index (χ4n) is 3.84. The van der Waals surface area contributed by atoms with Gasteiger partial charge in [-0.25, -0.2) is 0 Å². The Hall–Kier alpha value is -1.02. The molecule has 2 aliphatic rings. The molecule has 104 valence electrons. The van der Waals surface area contributed by atoms with Gasteiger partial charge in [0, 0.05) is 24.8 Å². The molecule has 1 fully saturated rings. The van der Waals surface area contributed by atoms with Gasteiger partial charge in [0.15, 0.2) is 0 Å². The first-order valence-electron chi connectivity index (χ1n) is 7.94. The molecule has 1 N–H and O–H groups in total. The number of nitrogens with zero attached hydrogens (tertiary/aromatic N) is 1. The zero-order valence-corrected chi connectivity index (χ0v) is 12.1. The van der Waals surface area contributed by atoms with Gasteiger partial charge >= 0.3 is 0 Å². The van der Waals surface area contributed by atoms with E-state index >= 15 is 0 Å². The number of anilines is 1. The summed E-state index contributed by atoms with van der Waals surface area (Å²) in [7, 11) is 0. The number of hydrogen-bond donors (Lipinski definition) is 1. The van der Waals surface area contributed by atoms with Crippen molar-refractivity contribution >= 4 is 5.69 Å². The van der Waals surface area contributed by atoms with E-state index in [1.807, 2.05) is 0 Å². The topological polar surface area (TPSA) is 15.3 Å². The lowest BCUT2D eigenvalue weighted by Crippen LogP contribution is -2.44. The second-order valence-electron chi connectivity index (χ2n) is 6.03. The van der Waals surface area contributed by atoms with Crippen molar-refractivity contribution in [3.63, 3.8) is 0 Å². The van der Waals surface area contributed by atoms with Crippen LogP contribution in [-0.4, -0.2) is 25.7 Å². The molecule has 3 rings (SSSR count). The smallest absolute Gasteiger partial charge is 0.0399 e. The van der Waals surface area contributed by atoms with Crippen molar-refractivity contribution in [2.45, 2.75) is 45.1 Å². The summed E-state index contributed by atoms with van der Waals surface area (Å²) in [4.78, 5) is 2.62. The molecule has 0 aromatic heterocycles. The monoisotopic (exact) mass is 258 g/mol. The Morgan fingerprint density at radius 2 is 2.05 bits per heavy atom. The van der Waals surface area contributed by atoms with Gasteiger partial charge in [-0.3, -0.25) is 0 Å². The summed E-state index contributed by atoms with van der Waals surface area (Å²) in [6.45, 7) is 5.80. The van der Waals surface area contributed by atoms with Crippen molar-refractivity contribution in [1.82, 2.24) is 5.32 Å². The van der Waals surface area contributed by atoms with Crippen LogP contribution in [0, 0.1) is 5.92 Å². The maximum absolute atomic E-state index is 3.71. The lowest BCUT2D eigenvalue weighted by Gasteiger charge is -2.35. The van der Waals surface area contributed by atoms with Crippen LogP contribution in [0.1, 0.15) is 38.2 Å². The van der Waals surface area contributed by atoms with Gasteiger partial charge in [0.2, 0.25) is 0 Å². The number of fused-ring (bicyclic) bond motifs is 1. The fourth-order valence-corrected chi connectivity index (χ4v) is 3.84. The van der Waals surface area contributed by atoms with E-state index in [-0.39, 0.29) is 0 Å². The Labute approximate surface area is 117 Å². The summed E-state index contributed by atoms with van der Waals surface area (Å²) in [6, 6.07) is 9.68. The van der Waals surface area contributed by atoms with Crippen molar-refractivity contribution in [3.8, 4) is 0 Å². The second kappa shape index (κ2) is 5.96. The summed E-state index contributed by atoms with van der Waals surface area (Å²) < 4.78 is 0. The Bertz CT molecular complexity index is 413. The van der Waals surface area contributed by atoms with Crippen LogP contribution in [0.5, 0.6) is 0 Å². The molecule has 1 aliphatic carbocycles. The molecule has 1 aromatic rings. The quantitative estimate of drug-likeness (QED) is 0.892. The molecule has 2 nitrogen and oxygen atoms in total. The molecule has 1 saturated carbocycles. The average molecular weight is 258 g/mol. The molecule has 2 unspecified atom stereocenters. The van der Waals surface area contributed by atoms with E-state index < -0.39 is 0 Å². The van der Waals surface area contributed by atoms with Gasteiger partial charge in [-0.1, -0.05) is 38.0 Å². The Kier molecular flexibility index (Phi) is 4.07. The molecule has 0 bridgehead atoms. The average Bonchev–Trinajstić information content (AvgIpc) is 2.85. The molecule has 0 saturated heterocycles. The van der Waals surface area contributed by atoms with Crippen LogP contribution >= 0.6 is 0 Å². The predicted molar refractivity (Wildman–Crippen MR) is 81.8 cm³/mol. The molecular weight excluding hydrogens is 232 g/mol. The van der Waals surface area contributed by atoms with E-state index in [4.69, 9.17) is 0 Å². The Morgan fingerprint density at radius 3 is 2.95 bits per heavy atom. The van der Waals surface area contributed by atoms with E-state index in [9.17, 15) is 0 Å². The van der Waals surface area contributed by atoms with Crippen LogP contribution in [0.15, 0.2) is 24.3 Å². The van der Waals surface area contributed by atoms with E-state index in [2.05, 4.69) is 41.4 Å². The molecular formula is C17H26N2. The molecule has 2 heteroatoms. The molecule has 0 spiro atoms.